The minimum absolute atomic E-state index is 0.161. The van der Waals surface area contributed by atoms with Crippen molar-refractivity contribution >= 4 is 9.84 Å². The largest absolute Gasteiger partial charge is 0.383 e. The molecule has 2 aromatic rings. The van der Waals surface area contributed by atoms with Crippen molar-refractivity contribution in [1.82, 2.24) is 14.5 Å². The molecule has 0 N–H and O–H groups in total. The summed E-state index contributed by atoms with van der Waals surface area (Å²) in [4.78, 5) is 6.64. The summed E-state index contributed by atoms with van der Waals surface area (Å²) in [5.74, 6) is 0.220. The van der Waals surface area contributed by atoms with Crippen LogP contribution in [-0.4, -0.2) is 48.9 Å². The third kappa shape index (κ3) is 4.70. The summed E-state index contributed by atoms with van der Waals surface area (Å²) in [6.07, 6.45) is 5.72. The van der Waals surface area contributed by atoms with Crippen molar-refractivity contribution in [2.75, 3.05) is 26.0 Å². The number of hydrogen-bond acceptors (Lipinski definition) is 5. The van der Waals surface area contributed by atoms with Gasteiger partial charge in [-0.3, -0.25) is 4.90 Å². The van der Waals surface area contributed by atoms with Crippen LogP contribution in [0, 0.1) is 11.7 Å². The zero-order valence-electron chi connectivity index (χ0n) is 16.8. The van der Waals surface area contributed by atoms with Gasteiger partial charge in [0.25, 0.3) is 0 Å². The maximum atomic E-state index is 13.3. The van der Waals surface area contributed by atoms with E-state index in [0.29, 0.717) is 19.7 Å². The van der Waals surface area contributed by atoms with Gasteiger partial charge >= 0.3 is 0 Å². The molecule has 2 heterocycles. The molecule has 1 aliphatic carbocycles. The molecule has 2 fully saturated rings. The molecule has 158 valence electrons. The van der Waals surface area contributed by atoms with Crippen LogP contribution >= 0.6 is 0 Å². The molecule has 0 radical (unpaired) electrons. The minimum Gasteiger partial charge on any atom is -0.383 e. The zero-order chi connectivity index (χ0) is 20.4. The number of halogens is 1. The van der Waals surface area contributed by atoms with Crippen LogP contribution in [-0.2, 0) is 27.7 Å². The molecule has 0 amide bonds. The summed E-state index contributed by atoms with van der Waals surface area (Å²) in [5.41, 5.74) is 1.97. The van der Waals surface area contributed by atoms with Crippen LogP contribution < -0.4 is 0 Å². The molecule has 0 bridgehead atoms. The van der Waals surface area contributed by atoms with Crippen molar-refractivity contribution in [1.29, 1.82) is 0 Å². The summed E-state index contributed by atoms with van der Waals surface area (Å²) in [5, 5.41) is 0.161. The Balaban J connectivity index is 1.57. The number of likely N-dealkylation sites (tertiary alicyclic amines) is 1. The maximum Gasteiger partial charge on any atom is 0.227 e. The van der Waals surface area contributed by atoms with Gasteiger partial charge in [0.1, 0.15) is 5.82 Å². The fraction of sp³-hybridized carbons (Fsp3) is 0.571. The van der Waals surface area contributed by atoms with E-state index in [0.717, 1.165) is 43.5 Å². The van der Waals surface area contributed by atoms with Crippen molar-refractivity contribution in [3.63, 3.8) is 0 Å². The molecular weight excluding hydrogens is 393 g/mol. The van der Waals surface area contributed by atoms with Crippen LogP contribution in [0.1, 0.15) is 43.0 Å². The van der Waals surface area contributed by atoms with Crippen LogP contribution in [0.4, 0.5) is 4.39 Å². The van der Waals surface area contributed by atoms with Crippen LogP contribution in [0.2, 0.25) is 0 Å². The summed E-state index contributed by atoms with van der Waals surface area (Å²) >= 11 is 0. The van der Waals surface area contributed by atoms with Crippen molar-refractivity contribution in [2.45, 2.75) is 50.0 Å². The smallest absolute Gasteiger partial charge is 0.227 e. The number of ether oxygens (including phenoxy) is 1. The molecule has 1 aromatic carbocycles. The van der Waals surface area contributed by atoms with Gasteiger partial charge in [-0.15, -0.1) is 0 Å². The molecule has 0 spiro atoms. The third-order valence-electron chi connectivity index (χ3n) is 5.83. The van der Waals surface area contributed by atoms with E-state index in [9.17, 15) is 12.8 Å². The SMILES string of the molecule is COCCn1c(CN2CCCC2c2ccc(F)cc2)cnc1S(=O)(=O)CC1CC1. The average Bonchev–Trinajstić information content (AvgIpc) is 3.22. The van der Waals surface area contributed by atoms with Gasteiger partial charge in [-0.25, -0.2) is 17.8 Å². The van der Waals surface area contributed by atoms with Crippen LogP contribution in [0.25, 0.3) is 0 Å². The summed E-state index contributed by atoms with van der Waals surface area (Å²) in [7, 11) is -1.79. The van der Waals surface area contributed by atoms with Gasteiger partial charge in [-0.1, -0.05) is 12.1 Å². The van der Waals surface area contributed by atoms with Crippen LogP contribution in [0.15, 0.2) is 35.6 Å². The zero-order valence-corrected chi connectivity index (χ0v) is 17.6. The highest BCUT2D eigenvalue weighted by Crippen LogP contribution is 2.34. The van der Waals surface area contributed by atoms with E-state index in [1.807, 2.05) is 12.1 Å². The first kappa shape index (κ1) is 20.5. The molecular formula is C21H28FN3O3S. The van der Waals surface area contributed by atoms with Gasteiger partial charge in [0.05, 0.1) is 24.3 Å². The number of nitrogens with zero attached hydrogens (tertiary/aromatic N) is 3. The molecule has 8 heteroatoms. The molecule has 1 saturated carbocycles. The average molecular weight is 422 g/mol. The highest BCUT2D eigenvalue weighted by atomic mass is 32.2. The van der Waals surface area contributed by atoms with Crippen molar-refractivity contribution in [3.8, 4) is 0 Å². The van der Waals surface area contributed by atoms with Gasteiger partial charge in [-0.2, -0.15) is 0 Å². The number of benzene rings is 1. The molecule has 1 aromatic heterocycles. The number of methoxy groups -OCH3 is 1. The maximum absolute atomic E-state index is 13.3. The fourth-order valence-corrected chi connectivity index (χ4v) is 6.00. The highest BCUT2D eigenvalue weighted by Gasteiger charge is 2.33. The van der Waals surface area contributed by atoms with Crippen molar-refractivity contribution in [3.05, 3.63) is 47.5 Å². The summed E-state index contributed by atoms with van der Waals surface area (Å²) in [6, 6.07) is 6.87. The van der Waals surface area contributed by atoms with Crippen LogP contribution in [0.3, 0.4) is 0 Å². The van der Waals surface area contributed by atoms with E-state index in [-0.39, 0.29) is 28.7 Å². The van der Waals surface area contributed by atoms with Crippen LogP contribution in [0.5, 0.6) is 0 Å². The first-order valence-corrected chi connectivity index (χ1v) is 11.9. The molecule has 1 saturated heterocycles. The van der Waals surface area contributed by atoms with E-state index >= 15 is 0 Å². The monoisotopic (exact) mass is 421 g/mol. The number of sulfone groups is 1. The van der Waals surface area contributed by atoms with Crippen molar-refractivity contribution < 1.29 is 17.5 Å². The third-order valence-corrected chi connectivity index (χ3v) is 7.63. The lowest BCUT2D eigenvalue weighted by Crippen LogP contribution is -2.26. The Morgan fingerprint density at radius 2 is 1.97 bits per heavy atom. The Morgan fingerprint density at radius 1 is 1.21 bits per heavy atom. The fourth-order valence-electron chi connectivity index (χ4n) is 4.14. The van der Waals surface area contributed by atoms with E-state index in [2.05, 4.69) is 9.88 Å². The molecule has 2 aliphatic rings. The lowest BCUT2D eigenvalue weighted by Gasteiger charge is -2.25. The summed E-state index contributed by atoms with van der Waals surface area (Å²) < 4.78 is 46.0. The van der Waals surface area contributed by atoms with Crippen molar-refractivity contribution in [2.24, 2.45) is 5.92 Å². The van der Waals surface area contributed by atoms with E-state index < -0.39 is 9.84 Å². The Morgan fingerprint density at radius 3 is 2.66 bits per heavy atom. The number of imidazole rings is 1. The predicted molar refractivity (Wildman–Crippen MR) is 108 cm³/mol. The normalized spacial score (nSPS) is 20.4. The predicted octanol–water partition coefficient (Wildman–Crippen LogP) is 3.19. The molecule has 29 heavy (non-hydrogen) atoms. The van der Waals surface area contributed by atoms with Gasteiger partial charge in [-0.05, 0) is 55.8 Å². The number of hydrogen-bond donors (Lipinski definition) is 0. The molecule has 1 unspecified atom stereocenters. The van der Waals surface area contributed by atoms with E-state index in [4.69, 9.17) is 4.74 Å². The first-order chi connectivity index (χ1) is 14.0. The first-order valence-electron chi connectivity index (χ1n) is 10.2. The standard InChI is InChI=1S/C21H28FN3O3S/c1-28-12-11-25-19(13-23-21(25)29(26,27)15-16-4-5-16)14-24-10-2-3-20(24)17-6-8-18(22)9-7-17/h6-9,13,16,20H,2-5,10-12,14-15H2,1H3. The topological polar surface area (TPSA) is 64.4 Å². The number of aromatic nitrogens is 2. The Bertz CT molecular complexity index is 939. The second-order valence-corrected chi connectivity index (χ2v) is 10.0. The van der Waals surface area contributed by atoms with Gasteiger partial charge in [0.15, 0.2) is 0 Å². The lowest BCUT2D eigenvalue weighted by atomic mass is 10.0. The summed E-state index contributed by atoms with van der Waals surface area (Å²) in [6.45, 7) is 2.41. The van der Waals surface area contributed by atoms with Gasteiger partial charge in [0, 0.05) is 26.2 Å². The molecule has 4 rings (SSSR count). The Kier molecular flexibility index (Phi) is 6.03. The lowest BCUT2D eigenvalue weighted by molar-refractivity contribution is 0.180. The Hall–Kier alpha value is -1.77. The second-order valence-electron chi connectivity index (χ2n) is 8.08. The molecule has 6 nitrogen and oxygen atoms in total. The highest BCUT2D eigenvalue weighted by molar-refractivity contribution is 7.91. The second kappa shape index (κ2) is 8.53. The quantitative estimate of drug-likeness (QED) is 0.622. The van der Waals surface area contributed by atoms with E-state index in [1.165, 1.54) is 12.1 Å². The molecule has 1 atom stereocenters. The number of rotatable bonds is 9. The molecule has 1 aliphatic heterocycles. The Labute approximate surface area is 171 Å². The van der Waals surface area contributed by atoms with Gasteiger partial charge < -0.3 is 9.30 Å². The minimum atomic E-state index is -3.41. The van der Waals surface area contributed by atoms with Gasteiger partial charge in [0.2, 0.25) is 15.0 Å². The van der Waals surface area contributed by atoms with E-state index in [1.54, 1.807) is 17.9 Å².